The number of hydrogen-bond donors (Lipinski definition) is 1. The van der Waals surface area contributed by atoms with Crippen molar-refractivity contribution in [3.8, 4) is 17.1 Å². The number of thioether (sulfide) groups is 1. The van der Waals surface area contributed by atoms with E-state index >= 15 is 0 Å². The van der Waals surface area contributed by atoms with Crippen LogP contribution in [0.3, 0.4) is 0 Å². The van der Waals surface area contributed by atoms with Crippen LogP contribution in [0.5, 0.6) is 0 Å². The Morgan fingerprint density at radius 3 is 2.44 bits per heavy atom. The van der Waals surface area contributed by atoms with E-state index in [1.165, 1.54) is 18.0 Å². The minimum Gasteiger partial charge on any atom is -0.272 e. The molecule has 9 heteroatoms. The average Bonchev–Trinajstić information content (AvgIpc) is 3.25. The van der Waals surface area contributed by atoms with Crippen molar-refractivity contribution in [2.45, 2.75) is 5.16 Å². The first-order valence-electron chi connectivity index (χ1n) is 9.58. The summed E-state index contributed by atoms with van der Waals surface area (Å²) < 4.78 is 1.93. The fourth-order valence-corrected chi connectivity index (χ4v) is 4.00. The molecule has 0 spiro atoms. The zero-order valence-electron chi connectivity index (χ0n) is 16.7. The van der Waals surface area contributed by atoms with Crippen LogP contribution < -0.4 is 5.43 Å². The largest absolute Gasteiger partial charge is 0.272 e. The van der Waals surface area contributed by atoms with Crippen LogP contribution in [-0.2, 0) is 4.79 Å². The Kier molecular flexibility index (Phi) is 7.21. The number of benzene rings is 3. The highest BCUT2D eigenvalue weighted by molar-refractivity contribution is 7.99. The second-order valence-corrected chi connectivity index (χ2v) is 8.30. The van der Waals surface area contributed by atoms with E-state index in [1.54, 1.807) is 18.2 Å². The number of amides is 1. The molecule has 0 saturated carbocycles. The maximum absolute atomic E-state index is 12.3. The normalized spacial score (nSPS) is 11.1. The molecular formula is C23H17Cl2N5OS. The van der Waals surface area contributed by atoms with Gasteiger partial charge in [0.05, 0.1) is 22.0 Å². The van der Waals surface area contributed by atoms with Gasteiger partial charge in [-0.25, -0.2) is 5.43 Å². The number of carbonyl (C=O) groups excluding carboxylic acids is 1. The third kappa shape index (κ3) is 5.19. The first-order chi connectivity index (χ1) is 15.6. The second kappa shape index (κ2) is 10.5. The number of rotatable bonds is 7. The van der Waals surface area contributed by atoms with Crippen molar-refractivity contribution in [1.82, 2.24) is 20.2 Å². The highest BCUT2D eigenvalue weighted by Gasteiger charge is 2.17. The van der Waals surface area contributed by atoms with Crippen LogP contribution in [0.4, 0.5) is 0 Å². The molecule has 4 aromatic rings. The lowest BCUT2D eigenvalue weighted by Crippen LogP contribution is -2.20. The Morgan fingerprint density at radius 2 is 1.69 bits per heavy atom. The summed E-state index contributed by atoms with van der Waals surface area (Å²) in [6.07, 6.45) is 1.46. The minimum atomic E-state index is -0.284. The number of carbonyl (C=O) groups is 1. The molecule has 6 nitrogen and oxygen atoms in total. The first-order valence-corrected chi connectivity index (χ1v) is 11.3. The lowest BCUT2D eigenvalue weighted by Gasteiger charge is -2.10. The van der Waals surface area contributed by atoms with E-state index in [2.05, 4.69) is 20.7 Å². The van der Waals surface area contributed by atoms with E-state index in [-0.39, 0.29) is 11.7 Å². The molecule has 0 fully saturated rings. The summed E-state index contributed by atoms with van der Waals surface area (Å²) >= 11 is 13.4. The van der Waals surface area contributed by atoms with Gasteiger partial charge in [-0.1, -0.05) is 95.6 Å². The van der Waals surface area contributed by atoms with Gasteiger partial charge < -0.3 is 0 Å². The first kappa shape index (κ1) is 22.1. The molecular weight excluding hydrogens is 465 g/mol. The minimum absolute atomic E-state index is 0.111. The van der Waals surface area contributed by atoms with E-state index in [9.17, 15) is 4.79 Å². The van der Waals surface area contributed by atoms with E-state index in [4.69, 9.17) is 23.2 Å². The number of aromatic nitrogens is 3. The van der Waals surface area contributed by atoms with Crippen LogP contribution in [0.15, 0.2) is 89.1 Å². The Morgan fingerprint density at radius 1 is 0.969 bits per heavy atom. The fraction of sp³-hybridized carbons (Fsp3) is 0.0435. The molecule has 0 aliphatic carbocycles. The van der Waals surface area contributed by atoms with E-state index in [0.717, 1.165) is 11.3 Å². The third-order valence-corrected chi connectivity index (χ3v) is 6.15. The number of hydrazone groups is 1. The Labute approximate surface area is 199 Å². The summed E-state index contributed by atoms with van der Waals surface area (Å²) in [6.45, 7) is 0. The second-order valence-electron chi connectivity index (χ2n) is 6.57. The van der Waals surface area contributed by atoms with Gasteiger partial charge in [0.15, 0.2) is 11.0 Å². The molecule has 0 radical (unpaired) electrons. The lowest BCUT2D eigenvalue weighted by atomic mass is 10.2. The molecule has 0 aliphatic heterocycles. The predicted molar refractivity (Wildman–Crippen MR) is 130 cm³/mol. The van der Waals surface area contributed by atoms with Crippen molar-refractivity contribution in [3.05, 3.63) is 94.5 Å². The van der Waals surface area contributed by atoms with Gasteiger partial charge in [0.1, 0.15) is 0 Å². The van der Waals surface area contributed by atoms with E-state index < -0.39 is 0 Å². The summed E-state index contributed by atoms with van der Waals surface area (Å²) in [6, 6.07) is 24.8. The SMILES string of the molecule is O=C(CSc1nnc(-c2ccccc2)n1-c1ccccc1)N/N=C\c1cccc(Cl)c1Cl. The third-order valence-electron chi connectivity index (χ3n) is 4.39. The van der Waals surface area contributed by atoms with Gasteiger partial charge in [0.25, 0.3) is 5.91 Å². The molecule has 32 heavy (non-hydrogen) atoms. The molecule has 160 valence electrons. The van der Waals surface area contributed by atoms with Gasteiger partial charge in [0.2, 0.25) is 0 Å². The number of nitrogens with zero attached hydrogens (tertiary/aromatic N) is 4. The monoisotopic (exact) mass is 481 g/mol. The quantitative estimate of drug-likeness (QED) is 0.215. The lowest BCUT2D eigenvalue weighted by molar-refractivity contribution is -0.118. The van der Waals surface area contributed by atoms with Crippen molar-refractivity contribution >= 4 is 47.1 Å². The van der Waals surface area contributed by atoms with Crippen molar-refractivity contribution in [1.29, 1.82) is 0 Å². The Hall–Kier alpha value is -3.13. The summed E-state index contributed by atoms with van der Waals surface area (Å²) in [5.41, 5.74) is 4.95. The summed E-state index contributed by atoms with van der Waals surface area (Å²) in [5, 5.41) is 14.1. The molecule has 4 rings (SSSR count). The highest BCUT2D eigenvalue weighted by atomic mass is 35.5. The van der Waals surface area contributed by atoms with Crippen molar-refractivity contribution in [3.63, 3.8) is 0 Å². The Balaban J connectivity index is 1.48. The maximum Gasteiger partial charge on any atom is 0.250 e. The molecule has 3 aromatic carbocycles. The van der Waals surface area contributed by atoms with Gasteiger partial charge in [0, 0.05) is 16.8 Å². The average molecular weight is 482 g/mol. The number of hydrogen-bond acceptors (Lipinski definition) is 5. The number of nitrogens with one attached hydrogen (secondary N) is 1. The van der Waals surface area contributed by atoms with Gasteiger partial charge in [-0.2, -0.15) is 5.10 Å². The van der Waals surface area contributed by atoms with E-state index in [0.29, 0.717) is 26.6 Å². The molecule has 1 N–H and O–H groups in total. The van der Waals surface area contributed by atoms with Gasteiger partial charge in [-0.05, 0) is 18.2 Å². The van der Waals surface area contributed by atoms with Crippen LogP contribution in [-0.4, -0.2) is 32.6 Å². The molecule has 0 aliphatic rings. The van der Waals surface area contributed by atoms with Crippen LogP contribution >= 0.6 is 35.0 Å². The zero-order chi connectivity index (χ0) is 22.3. The van der Waals surface area contributed by atoms with Gasteiger partial charge in [-0.3, -0.25) is 9.36 Å². The highest BCUT2D eigenvalue weighted by Crippen LogP contribution is 2.28. The molecule has 0 saturated heterocycles. The van der Waals surface area contributed by atoms with Gasteiger partial charge in [-0.15, -0.1) is 10.2 Å². The predicted octanol–water partition coefficient (Wildman–Crippen LogP) is 5.48. The topological polar surface area (TPSA) is 72.2 Å². The Bertz CT molecular complexity index is 1250. The number of halogens is 2. The van der Waals surface area contributed by atoms with Crippen LogP contribution in [0.1, 0.15) is 5.56 Å². The van der Waals surface area contributed by atoms with Crippen molar-refractivity contribution in [2.24, 2.45) is 5.10 Å². The standard InChI is InChI=1S/C23H17Cl2N5OS/c24-19-13-7-10-17(21(19)25)14-26-27-20(31)15-32-23-29-28-22(16-8-3-1-4-9-16)30(23)18-11-5-2-6-12-18/h1-14H,15H2,(H,27,31)/b26-14-. The van der Waals surface area contributed by atoms with E-state index in [1.807, 2.05) is 65.2 Å². The summed E-state index contributed by atoms with van der Waals surface area (Å²) in [7, 11) is 0. The van der Waals surface area contributed by atoms with Crippen LogP contribution in [0.25, 0.3) is 17.1 Å². The van der Waals surface area contributed by atoms with Crippen LogP contribution in [0.2, 0.25) is 10.0 Å². The summed E-state index contributed by atoms with van der Waals surface area (Å²) in [5.74, 6) is 0.530. The number of para-hydroxylation sites is 1. The molecule has 1 aromatic heterocycles. The molecule has 0 unspecified atom stereocenters. The van der Waals surface area contributed by atoms with Crippen LogP contribution in [0, 0.1) is 0 Å². The molecule has 1 heterocycles. The maximum atomic E-state index is 12.3. The van der Waals surface area contributed by atoms with Crippen molar-refractivity contribution in [2.75, 3.05) is 5.75 Å². The smallest absolute Gasteiger partial charge is 0.250 e. The molecule has 0 bridgehead atoms. The fourth-order valence-electron chi connectivity index (χ4n) is 2.90. The summed E-state index contributed by atoms with van der Waals surface area (Å²) in [4.78, 5) is 12.3. The zero-order valence-corrected chi connectivity index (χ0v) is 19.0. The molecule has 1 amide bonds. The molecule has 0 atom stereocenters. The van der Waals surface area contributed by atoms with Gasteiger partial charge >= 0.3 is 0 Å². The van der Waals surface area contributed by atoms with Crippen molar-refractivity contribution < 1.29 is 4.79 Å².